The molecule has 0 bridgehead atoms. The monoisotopic (exact) mass is 262 g/mol. The van der Waals surface area contributed by atoms with Gasteiger partial charge in [-0.15, -0.1) is 0 Å². The average molecular weight is 262 g/mol. The SMILES string of the molecule is CCC(N)C(=O)c1ccc2c(c1)NC(=O)C(C)(C)O2. The normalized spacial score (nSPS) is 18.0. The minimum absolute atomic E-state index is 0.135. The Morgan fingerprint density at radius 1 is 1.47 bits per heavy atom. The van der Waals surface area contributed by atoms with Crippen molar-refractivity contribution in [2.75, 3.05) is 5.32 Å². The molecule has 5 heteroatoms. The van der Waals surface area contributed by atoms with Crippen molar-refractivity contribution in [1.82, 2.24) is 0 Å². The number of ether oxygens (including phenoxy) is 1. The molecule has 0 aliphatic carbocycles. The van der Waals surface area contributed by atoms with Crippen LogP contribution in [0.15, 0.2) is 18.2 Å². The molecule has 102 valence electrons. The van der Waals surface area contributed by atoms with E-state index in [2.05, 4.69) is 5.32 Å². The lowest BCUT2D eigenvalue weighted by atomic mass is 10.0. The van der Waals surface area contributed by atoms with E-state index < -0.39 is 11.6 Å². The zero-order chi connectivity index (χ0) is 14.2. The Kier molecular flexibility index (Phi) is 3.32. The first kappa shape index (κ1) is 13.5. The van der Waals surface area contributed by atoms with E-state index in [1.807, 2.05) is 6.92 Å². The molecule has 1 heterocycles. The maximum atomic E-state index is 12.0. The number of hydrogen-bond acceptors (Lipinski definition) is 4. The van der Waals surface area contributed by atoms with Crippen LogP contribution in [0, 0.1) is 0 Å². The quantitative estimate of drug-likeness (QED) is 0.813. The van der Waals surface area contributed by atoms with Crippen LogP contribution in [0.2, 0.25) is 0 Å². The Balaban J connectivity index is 2.34. The highest BCUT2D eigenvalue weighted by Crippen LogP contribution is 2.34. The summed E-state index contributed by atoms with van der Waals surface area (Å²) in [6.45, 7) is 5.24. The third-order valence-corrected chi connectivity index (χ3v) is 3.20. The molecular weight excluding hydrogens is 244 g/mol. The summed E-state index contributed by atoms with van der Waals surface area (Å²) in [5, 5.41) is 2.75. The van der Waals surface area contributed by atoms with Gasteiger partial charge in [-0.3, -0.25) is 9.59 Å². The second kappa shape index (κ2) is 4.66. The minimum Gasteiger partial charge on any atom is -0.476 e. The average Bonchev–Trinajstić information content (AvgIpc) is 2.37. The molecule has 1 unspecified atom stereocenters. The standard InChI is InChI=1S/C14H18N2O3/c1-4-9(15)12(17)8-5-6-11-10(7-8)16-13(18)14(2,3)19-11/h5-7,9H,4,15H2,1-3H3,(H,16,18). The summed E-state index contributed by atoms with van der Waals surface area (Å²) in [6, 6.07) is 4.45. The molecule has 1 aliphatic rings. The number of rotatable bonds is 3. The van der Waals surface area contributed by atoms with Crippen LogP contribution >= 0.6 is 0 Å². The fourth-order valence-electron chi connectivity index (χ4n) is 1.86. The van der Waals surface area contributed by atoms with Crippen LogP contribution in [0.5, 0.6) is 5.75 Å². The Hall–Kier alpha value is -1.88. The van der Waals surface area contributed by atoms with Gasteiger partial charge >= 0.3 is 0 Å². The first-order valence-corrected chi connectivity index (χ1v) is 6.29. The second-order valence-corrected chi connectivity index (χ2v) is 5.16. The number of ketones is 1. The van der Waals surface area contributed by atoms with Gasteiger partial charge in [-0.25, -0.2) is 0 Å². The van der Waals surface area contributed by atoms with Crippen molar-refractivity contribution in [3.63, 3.8) is 0 Å². The lowest BCUT2D eigenvalue weighted by Gasteiger charge is -2.31. The topological polar surface area (TPSA) is 81.4 Å². The van der Waals surface area contributed by atoms with Crippen molar-refractivity contribution >= 4 is 17.4 Å². The smallest absolute Gasteiger partial charge is 0.268 e. The van der Waals surface area contributed by atoms with Gasteiger partial charge in [-0.2, -0.15) is 0 Å². The van der Waals surface area contributed by atoms with Gasteiger partial charge in [0.25, 0.3) is 5.91 Å². The summed E-state index contributed by atoms with van der Waals surface area (Å²) in [5.41, 5.74) is 5.82. The summed E-state index contributed by atoms with van der Waals surface area (Å²) >= 11 is 0. The molecule has 1 aromatic carbocycles. The van der Waals surface area contributed by atoms with E-state index in [1.165, 1.54) is 0 Å². The predicted molar refractivity (Wildman–Crippen MR) is 72.4 cm³/mol. The van der Waals surface area contributed by atoms with E-state index in [-0.39, 0.29) is 11.7 Å². The van der Waals surface area contributed by atoms with Crippen LogP contribution in [0.1, 0.15) is 37.6 Å². The van der Waals surface area contributed by atoms with E-state index in [1.54, 1.807) is 32.0 Å². The zero-order valence-corrected chi connectivity index (χ0v) is 11.3. The molecule has 1 aromatic rings. The third-order valence-electron chi connectivity index (χ3n) is 3.20. The summed E-state index contributed by atoms with van der Waals surface area (Å²) in [6.07, 6.45) is 0.575. The molecule has 1 atom stereocenters. The van der Waals surface area contributed by atoms with Gasteiger partial charge < -0.3 is 15.8 Å². The fourth-order valence-corrected chi connectivity index (χ4v) is 1.86. The van der Waals surface area contributed by atoms with Crippen LogP contribution in [-0.2, 0) is 4.79 Å². The number of nitrogens with one attached hydrogen (secondary N) is 1. The Bertz CT molecular complexity index is 537. The van der Waals surface area contributed by atoms with Gasteiger partial charge in [0.2, 0.25) is 0 Å². The van der Waals surface area contributed by atoms with Gasteiger partial charge in [-0.1, -0.05) is 6.92 Å². The molecule has 0 fully saturated rings. The molecule has 0 spiro atoms. The fraction of sp³-hybridized carbons (Fsp3) is 0.429. The second-order valence-electron chi connectivity index (χ2n) is 5.16. The summed E-state index contributed by atoms with van der Waals surface area (Å²) < 4.78 is 5.60. The molecule has 0 saturated carbocycles. The van der Waals surface area contributed by atoms with Crippen LogP contribution in [0.4, 0.5) is 5.69 Å². The number of amides is 1. The minimum atomic E-state index is -0.904. The maximum Gasteiger partial charge on any atom is 0.268 e. The van der Waals surface area contributed by atoms with Crippen molar-refractivity contribution in [1.29, 1.82) is 0 Å². The highest BCUT2D eigenvalue weighted by molar-refractivity contribution is 6.04. The van der Waals surface area contributed by atoms with Crippen LogP contribution in [-0.4, -0.2) is 23.3 Å². The lowest BCUT2D eigenvalue weighted by molar-refractivity contribution is -0.129. The first-order valence-electron chi connectivity index (χ1n) is 6.29. The molecule has 2 rings (SSSR count). The Morgan fingerprint density at radius 3 is 2.79 bits per heavy atom. The van der Waals surface area contributed by atoms with E-state index in [0.717, 1.165) is 0 Å². The van der Waals surface area contributed by atoms with Crippen molar-refractivity contribution in [2.24, 2.45) is 5.73 Å². The molecule has 19 heavy (non-hydrogen) atoms. The molecule has 1 amide bonds. The number of anilines is 1. The van der Waals surface area contributed by atoms with Crippen molar-refractivity contribution in [3.8, 4) is 5.75 Å². The number of nitrogens with two attached hydrogens (primary N) is 1. The van der Waals surface area contributed by atoms with Crippen molar-refractivity contribution in [2.45, 2.75) is 38.8 Å². The summed E-state index contributed by atoms with van der Waals surface area (Å²) in [7, 11) is 0. The van der Waals surface area contributed by atoms with Gasteiger partial charge in [0.05, 0.1) is 11.7 Å². The molecule has 0 radical (unpaired) electrons. The maximum absolute atomic E-state index is 12.0. The molecular formula is C14H18N2O3. The molecule has 5 nitrogen and oxygen atoms in total. The van der Waals surface area contributed by atoms with Crippen LogP contribution < -0.4 is 15.8 Å². The van der Waals surface area contributed by atoms with Gasteiger partial charge in [0.15, 0.2) is 11.4 Å². The largest absolute Gasteiger partial charge is 0.476 e. The van der Waals surface area contributed by atoms with Crippen molar-refractivity contribution in [3.05, 3.63) is 23.8 Å². The number of hydrogen-bond donors (Lipinski definition) is 2. The molecule has 0 saturated heterocycles. The Morgan fingerprint density at radius 2 is 2.16 bits per heavy atom. The van der Waals surface area contributed by atoms with E-state index in [9.17, 15) is 9.59 Å². The zero-order valence-electron chi connectivity index (χ0n) is 11.3. The van der Waals surface area contributed by atoms with Gasteiger partial charge in [0.1, 0.15) is 5.75 Å². The lowest BCUT2D eigenvalue weighted by Crippen LogP contribution is -2.45. The molecule has 1 aliphatic heterocycles. The number of carbonyl (C=O) groups excluding carboxylic acids is 2. The first-order chi connectivity index (χ1) is 8.85. The number of Topliss-reactive ketones (excluding diaryl/α,β-unsaturated/α-hetero) is 1. The number of fused-ring (bicyclic) bond motifs is 1. The van der Waals surface area contributed by atoms with Gasteiger partial charge in [0, 0.05) is 5.56 Å². The third kappa shape index (κ3) is 2.46. The van der Waals surface area contributed by atoms with E-state index >= 15 is 0 Å². The molecule has 3 N–H and O–H groups in total. The van der Waals surface area contributed by atoms with Crippen LogP contribution in [0.3, 0.4) is 0 Å². The number of carbonyl (C=O) groups is 2. The van der Waals surface area contributed by atoms with Gasteiger partial charge in [-0.05, 0) is 38.5 Å². The molecule has 0 aromatic heterocycles. The van der Waals surface area contributed by atoms with E-state index in [4.69, 9.17) is 10.5 Å². The summed E-state index contributed by atoms with van der Waals surface area (Å²) in [4.78, 5) is 23.8. The van der Waals surface area contributed by atoms with Crippen LogP contribution in [0.25, 0.3) is 0 Å². The predicted octanol–water partition coefficient (Wildman–Crippen LogP) is 1.72. The van der Waals surface area contributed by atoms with E-state index in [0.29, 0.717) is 23.4 Å². The van der Waals surface area contributed by atoms with Crippen molar-refractivity contribution < 1.29 is 14.3 Å². The highest BCUT2D eigenvalue weighted by atomic mass is 16.5. The summed E-state index contributed by atoms with van der Waals surface area (Å²) in [5.74, 6) is 0.194. The highest BCUT2D eigenvalue weighted by Gasteiger charge is 2.35. The Labute approximate surface area is 112 Å². The number of benzene rings is 1.